The van der Waals surface area contributed by atoms with Crippen LogP contribution >= 0.6 is 0 Å². The number of nitrogens with zero attached hydrogens (tertiary/aromatic N) is 2. The van der Waals surface area contributed by atoms with Crippen LogP contribution in [0.4, 0.5) is 0 Å². The van der Waals surface area contributed by atoms with Gasteiger partial charge in [0.25, 0.3) is 11.8 Å². The van der Waals surface area contributed by atoms with Crippen molar-refractivity contribution >= 4 is 11.8 Å². The number of aliphatic hydroxyl groups is 1. The van der Waals surface area contributed by atoms with Gasteiger partial charge in [0.05, 0.1) is 23.9 Å². The van der Waals surface area contributed by atoms with Gasteiger partial charge in [-0.2, -0.15) is 0 Å². The number of rotatable bonds is 6. The summed E-state index contributed by atoms with van der Waals surface area (Å²) < 4.78 is 0. The molecule has 2 amide bonds. The van der Waals surface area contributed by atoms with Crippen molar-refractivity contribution in [3.8, 4) is 11.3 Å². The van der Waals surface area contributed by atoms with E-state index in [0.29, 0.717) is 29.9 Å². The number of aromatic nitrogens is 1. The Labute approximate surface area is 165 Å². The molecule has 1 atom stereocenters. The summed E-state index contributed by atoms with van der Waals surface area (Å²) in [5, 5.41) is 12.5. The lowest BCUT2D eigenvalue weighted by molar-refractivity contribution is 0.0503. The Morgan fingerprint density at radius 3 is 2.89 bits per heavy atom. The molecule has 1 unspecified atom stereocenters. The Balaban J connectivity index is 1.90. The highest BCUT2D eigenvalue weighted by Gasteiger charge is 2.27. The average Bonchev–Trinajstić information content (AvgIpc) is 2.77. The summed E-state index contributed by atoms with van der Waals surface area (Å²) in [6.45, 7) is 3.24. The summed E-state index contributed by atoms with van der Waals surface area (Å²) in [6, 6.07) is 10.6. The first-order valence-electron chi connectivity index (χ1n) is 9.91. The van der Waals surface area contributed by atoms with Gasteiger partial charge in [0.1, 0.15) is 0 Å². The SMILES string of the molecule is CCCNC(=O)c1cccnc1-c1cccc(C(=O)N2CCCCC2CO)c1. The van der Waals surface area contributed by atoms with E-state index >= 15 is 0 Å². The van der Waals surface area contributed by atoms with Crippen molar-refractivity contribution < 1.29 is 14.7 Å². The summed E-state index contributed by atoms with van der Waals surface area (Å²) in [7, 11) is 0. The maximum absolute atomic E-state index is 13.0. The van der Waals surface area contributed by atoms with E-state index in [0.717, 1.165) is 31.2 Å². The molecular formula is C22H27N3O3. The molecule has 0 aliphatic carbocycles. The lowest BCUT2D eigenvalue weighted by atomic mass is 9.99. The molecule has 1 aliphatic heterocycles. The maximum Gasteiger partial charge on any atom is 0.254 e. The third-order valence-electron chi connectivity index (χ3n) is 5.07. The topological polar surface area (TPSA) is 82.5 Å². The van der Waals surface area contributed by atoms with Gasteiger partial charge >= 0.3 is 0 Å². The van der Waals surface area contributed by atoms with Gasteiger partial charge in [0.2, 0.25) is 0 Å². The van der Waals surface area contributed by atoms with Crippen LogP contribution < -0.4 is 5.32 Å². The molecule has 1 saturated heterocycles. The van der Waals surface area contributed by atoms with Gasteiger partial charge in [-0.15, -0.1) is 0 Å². The molecule has 2 aromatic rings. The molecule has 2 N–H and O–H groups in total. The predicted molar refractivity (Wildman–Crippen MR) is 108 cm³/mol. The van der Waals surface area contributed by atoms with Gasteiger partial charge in [-0.25, -0.2) is 0 Å². The smallest absolute Gasteiger partial charge is 0.254 e. The van der Waals surface area contributed by atoms with Gasteiger partial charge in [-0.05, 0) is 49.9 Å². The molecule has 0 saturated carbocycles. The summed E-state index contributed by atoms with van der Waals surface area (Å²) >= 11 is 0. The van der Waals surface area contributed by atoms with Crippen molar-refractivity contribution in [1.29, 1.82) is 0 Å². The summed E-state index contributed by atoms with van der Waals surface area (Å²) in [5.41, 5.74) is 2.32. The van der Waals surface area contributed by atoms with E-state index < -0.39 is 0 Å². The van der Waals surface area contributed by atoms with Crippen LogP contribution in [0.5, 0.6) is 0 Å². The number of carbonyl (C=O) groups excluding carboxylic acids is 2. The van der Waals surface area contributed by atoms with Gasteiger partial charge in [0, 0.05) is 30.4 Å². The minimum Gasteiger partial charge on any atom is -0.394 e. The standard InChI is InChI=1S/C22H27N3O3/c1-2-11-24-21(27)19-10-6-12-23-20(19)16-7-5-8-17(14-16)22(28)25-13-4-3-9-18(25)15-26/h5-8,10,12,14,18,26H,2-4,9,11,13,15H2,1H3,(H,24,27). The Kier molecular flexibility index (Phi) is 6.76. The predicted octanol–water partition coefficient (Wildman–Crippen LogP) is 2.88. The zero-order valence-corrected chi connectivity index (χ0v) is 16.2. The van der Waals surface area contributed by atoms with Crippen LogP contribution in [-0.4, -0.2) is 52.5 Å². The Hall–Kier alpha value is -2.73. The number of carbonyl (C=O) groups is 2. The molecule has 1 fully saturated rings. The Morgan fingerprint density at radius 1 is 1.25 bits per heavy atom. The highest BCUT2D eigenvalue weighted by molar-refractivity contribution is 6.01. The number of aliphatic hydroxyl groups excluding tert-OH is 1. The van der Waals surface area contributed by atoms with Gasteiger partial charge < -0.3 is 15.3 Å². The van der Waals surface area contributed by atoms with Crippen LogP contribution in [-0.2, 0) is 0 Å². The molecule has 1 aromatic carbocycles. The summed E-state index contributed by atoms with van der Waals surface area (Å²) in [6.07, 6.45) is 5.30. The Bertz CT molecular complexity index is 837. The molecule has 1 aliphatic rings. The third-order valence-corrected chi connectivity index (χ3v) is 5.07. The fraction of sp³-hybridized carbons (Fsp3) is 0.409. The van der Waals surface area contributed by atoms with E-state index in [1.165, 1.54) is 0 Å². The second-order valence-electron chi connectivity index (χ2n) is 7.07. The van der Waals surface area contributed by atoms with Crippen molar-refractivity contribution in [1.82, 2.24) is 15.2 Å². The second kappa shape index (κ2) is 9.46. The fourth-order valence-electron chi connectivity index (χ4n) is 3.58. The molecule has 148 valence electrons. The second-order valence-corrected chi connectivity index (χ2v) is 7.07. The Morgan fingerprint density at radius 2 is 2.11 bits per heavy atom. The first-order valence-corrected chi connectivity index (χ1v) is 9.91. The van der Waals surface area contributed by atoms with E-state index in [1.54, 1.807) is 35.4 Å². The van der Waals surface area contributed by atoms with Crippen molar-refractivity contribution in [2.24, 2.45) is 0 Å². The molecule has 0 spiro atoms. The molecule has 6 heteroatoms. The van der Waals surface area contributed by atoms with Crippen molar-refractivity contribution in [2.45, 2.75) is 38.6 Å². The zero-order valence-electron chi connectivity index (χ0n) is 16.2. The van der Waals surface area contributed by atoms with Gasteiger partial charge in [-0.1, -0.05) is 19.1 Å². The number of hydrogen-bond donors (Lipinski definition) is 2. The molecule has 3 rings (SSSR count). The molecule has 0 radical (unpaired) electrons. The lowest BCUT2D eigenvalue weighted by Crippen LogP contribution is -2.45. The van der Waals surface area contributed by atoms with Crippen molar-refractivity contribution in [3.63, 3.8) is 0 Å². The van der Waals surface area contributed by atoms with Gasteiger partial charge in [0.15, 0.2) is 0 Å². The van der Waals surface area contributed by atoms with Gasteiger partial charge in [-0.3, -0.25) is 14.6 Å². The van der Waals surface area contributed by atoms with E-state index in [2.05, 4.69) is 10.3 Å². The van der Waals surface area contributed by atoms with Crippen LogP contribution in [0.1, 0.15) is 53.3 Å². The fourth-order valence-corrected chi connectivity index (χ4v) is 3.58. The number of likely N-dealkylation sites (tertiary alicyclic amines) is 1. The zero-order chi connectivity index (χ0) is 19.9. The highest BCUT2D eigenvalue weighted by Crippen LogP contribution is 2.25. The van der Waals surface area contributed by atoms with Crippen molar-refractivity contribution in [2.75, 3.05) is 19.7 Å². The minimum absolute atomic E-state index is 0.0204. The van der Waals surface area contributed by atoms with Crippen LogP contribution in [0.25, 0.3) is 11.3 Å². The van der Waals surface area contributed by atoms with E-state index in [-0.39, 0.29) is 24.5 Å². The molecule has 0 bridgehead atoms. The normalized spacial score (nSPS) is 16.6. The summed E-state index contributed by atoms with van der Waals surface area (Å²) in [5.74, 6) is -0.258. The number of piperidine rings is 1. The molecule has 1 aromatic heterocycles. The molecule has 6 nitrogen and oxygen atoms in total. The quantitative estimate of drug-likeness (QED) is 0.806. The van der Waals surface area contributed by atoms with E-state index in [1.807, 2.05) is 19.1 Å². The average molecular weight is 381 g/mol. The molecule has 28 heavy (non-hydrogen) atoms. The number of pyridine rings is 1. The number of amides is 2. The van der Waals surface area contributed by atoms with E-state index in [9.17, 15) is 14.7 Å². The monoisotopic (exact) mass is 381 g/mol. The molecule has 2 heterocycles. The van der Waals surface area contributed by atoms with E-state index in [4.69, 9.17) is 0 Å². The summed E-state index contributed by atoms with van der Waals surface area (Å²) in [4.78, 5) is 31.7. The van der Waals surface area contributed by atoms with Crippen molar-refractivity contribution in [3.05, 3.63) is 53.7 Å². The van der Waals surface area contributed by atoms with Crippen LogP contribution in [0.3, 0.4) is 0 Å². The minimum atomic E-state index is -0.168. The number of hydrogen-bond acceptors (Lipinski definition) is 4. The highest BCUT2D eigenvalue weighted by atomic mass is 16.3. The third kappa shape index (κ3) is 4.39. The largest absolute Gasteiger partial charge is 0.394 e. The number of nitrogens with one attached hydrogen (secondary N) is 1. The lowest BCUT2D eigenvalue weighted by Gasteiger charge is -2.34. The first kappa shape index (κ1) is 20.0. The van der Waals surface area contributed by atoms with Crippen LogP contribution in [0.2, 0.25) is 0 Å². The number of benzene rings is 1. The van der Waals surface area contributed by atoms with Crippen LogP contribution in [0.15, 0.2) is 42.6 Å². The maximum atomic E-state index is 13.0. The first-order chi connectivity index (χ1) is 13.7. The van der Waals surface area contributed by atoms with Crippen LogP contribution in [0, 0.1) is 0 Å². The molecular weight excluding hydrogens is 354 g/mol.